The van der Waals surface area contributed by atoms with Crippen molar-refractivity contribution >= 4 is 29.3 Å². The molecule has 0 radical (unpaired) electrons. The number of rotatable bonds is 4. The number of aryl methyl sites for hydroxylation is 1. The lowest BCUT2D eigenvalue weighted by molar-refractivity contribution is 0.0975. The van der Waals surface area contributed by atoms with Gasteiger partial charge in [0.25, 0.3) is 5.91 Å². The van der Waals surface area contributed by atoms with E-state index in [0.29, 0.717) is 28.4 Å². The van der Waals surface area contributed by atoms with Crippen LogP contribution < -0.4 is 10.6 Å². The van der Waals surface area contributed by atoms with Gasteiger partial charge in [0.15, 0.2) is 5.82 Å². The van der Waals surface area contributed by atoms with Gasteiger partial charge >= 0.3 is 0 Å². The Kier molecular flexibility index (Phi) is 5.30. The molecule has 1 aliphatic carbocycles. The molecule has 2 aromatic heterocycles. The summed E-state index contributed by atoms with van der Waals surface area (Å²) in [6, 6.07) is 6.02. The third-order valence-electron chi connectivity index (χ3n) is 4.61. The second kappa shape index (κ2) is 8.04. The summed E-state index contributed by atoms with van der Waals surface area (Å²) in [6.45, 7) is 1.65. The van der Waals surface area contributed by atoms with Gasteiger partial charge in [-0.1, -0.05) is 16.8 Å². The maximum absolute atomic E-state index is 13.6. The molecule has 2 heterocycles. The predicted molar refractivity (Wildman–Crippen MR) is 106 cm³/mol. The van der Waals surface area contributed by atoms with Gasteiger partial charge in [0.05, 0.1) is 17.9 Å². The molecular formula is C19H18ClFN6O2. The normalized spacial score (nSPS) is 14.5. The number of H-pyrrole nitrogens is 1. The molecule has 1 aromatic carbocycles. The monoisotopic (exact) mass is 416 g/mol. The molecule has 0 unspecified atom stereocenters. The highest BCUT2D eigenvalue weighted by Gasteiger charge is 2.20. The Bertz CT molecular complexity index is 1050. The Morgan fingerprint density at radius 2 is 2.17 bits per heavy atom. The zero-order valence-corrected chi connectivity index (χ0v) is 16.3. The molecule has 0 spiro atoms. The van der Waals surface area contributed by atoms with Crippen LogP contribution >= 0.6 is 11.6 Å². The van der Waals surface area contributed by atoms with E-state index in [9.17, 15) is 9.18 Å². The fourth-order valence-corrected chi connectivity index (χ4v) is 3.07. The van der Waals surface area contributed by atoms with E-state index in [-0.39, 0.29) is 22.9 Å². The number of carbonyl (C=O) groups excluding carboxylic acids is 1. The summed E-state index contributed by atoms with van der Waals surface area (Å²) >= 11 is 5.92. The van der Waals surface area contributed by atoms with Crippen LogP contribution in [0.2, 0.25) is 5.02 Å². The molecule has 1 amide bonds. The molecule has 3 N–H and O–H groups in total. The van der Waals surface area contributed by atoms with Crippen molar-refractivity contribution in [1.82, 2.24) is 20.7 Å². The molecule has 150 valence electrons. The Balaban J connectivity index is 1.53. The first-order chi connectivity index (χ1) is 14.0. The van der Waals surface area contributed by atoms with Gasteiger partial charge in [-0.25, -0.2) is 9.38 Å². The summed E-state index contributed by atoms with van der Waals surface area (Å²) in [5, 5.41) is 16.6. The van der Waals surface area contributed by atoms with Gasteiger partial charge < -0.3 is 9.84 Å². The van der Waals surface area contributed by atoms with E-state index in [2.05, 4.69) is 31.0 Å². The van der Waals surface area contributed by atoms with Gasteiger partial charge in [0.2, 0.25) is 5.96 Å². The van der Waals surface area contributed by atoms with Gasteiger partial charge in [0.1, 0.15) is 17.1 Å². The molecule has 4 rings (SSSR count). The van der Waals surface area contributed by atoms with Crippen molar-refractivity contribution in [3.05, 3.63) is 52.6 Å². The second-order valence-corrected chi connectivity index (χ2v) is 7.20. The highest BCUT2D eigenvalue weighted by molar-refractivity contribution is 6.30. The molecule has 8 nitrogen and oxygen atoms in total. The van der Waals surface area contributed by atoms with Crippen molar-refractivity contribution in [2.45, 2.75) is 32.2 Å². The summed E-state index contributed by atoms with van der Waals surface area (Å²) in [7, 11) is 0. The van der Waals surface area contributed by atoms with Crippen LogP contribution in [-0.2, 0) is 0 Å². The topological polar surface area (TPSA) is 108 Å². The van der Waals surface area contributed by atoms with Gasteiger partial charge in [0, 0.05) is 16.7 Å². The number of hydrogen-bond acceptors (Lipinski definition) is 5. The van der Waals surface area contributed by atoms with Crippen LogP contribution in [0, 0.1) is 12.7 Å². The highest BCUT2D eigenvalue weighted by Crippen LogP contribution is 2.25. The average molecular weight is 417 g/mol. The zero-order chi connectivity index (χ0) is 20.4. The molecule has 29 heavy (non-hydrogen) atoms. The summed E-state index contributed by atoms with van der Waals surface area (Å²) in [5.74, 6) is 0.272. The maximum atomic E-state index is 13.6. The lowest BCUT2D eigenvalue weighted by Gasteiger charge is -2.22. The third-order valence-corrected chi connectivity index (χ3v) is 4.83. The van der Waals surface area contributed by atoms with E-state index >= 15 is 0 Å². The molecule has 0 aliphatic heterocycles. The van der Waals surface area contributed by atoms with Gasteiger partial charge in [-0.05, 0) is 44.4 Å². The number of benzene rings is 1. The number of aromatic amines is 1. The molecule has 0 bridgehead atoms. The molecular weight excluding hydrogens is 399 g/mol. The Morgan fingerprint density at radius 1 is 1.34 bits per heavy atom. The van der Waals surface area contributed by atoms with E-state index in [1.165, 1.54) is 18.3 Å². The number of halogens is 2. The number of amides is 1. The Labute approximate surface area is 170 Å². The fourth-order valence-electron chi connectivity index (χ4n) is 2.85. The third kappa shape index (κ3) is 4.45. The zero-order valence-electron chi connectivity index (χ0n) is 15.5. The fraction of sp³-hybridized carbons (Fsp3) is 0.263. The van der Waals surface area contributed by atoms with Crippen LogP contribution in [0.4, 0.5) is 10.2 Å². The number of guanidine groups is 1. The molecule has 0 saturated heterocycles. The predicted octanol–water partition coefficient (Wildman–Crippen LogP) is 3.92. The number of aliphatic imine (C=N–C) groups is 1. The van der Waals surface area contributed by atoms with E-state index in [0.717, 1.165) is 19.3 Å². The summed E-state index contributed by atoms with van der Waals surface area (Å²) in [4.78, 5) is 17.1. The first-order valence-corrected chi connectivity index (χ1v) is 9.45. The number of nitrogens with one attached hydrogen (secondary N) is 3. The lowest BCUT2D eigenvalue weighted by atomic mass is 9.94. The summed E-state index contributed by atoms with van der Waals surface area (Å²) in [6.07, 6.45) is 4.38. The van der Waals surface area contributed by atoms with Crippen LogP contribution in [0.3, 0.4) is 0 Å². The number of hydrogen-bond donors (Lipinski definition) is 3. The van der Waals surface area contributed by atoms with E-state index in [1.54, 1.807) is 19.1 Å². The van der Waals surface area contributed by atoms with Crippen LogP contribution in [0.1, 0.15) is 35.4 Å². The van der Waals surface area contributed by atoms with Crippen molar-refractivity contribution < 1.29 is 13.7 Å². The maximum Gasteiger partial charge on any atom is 0.263 e. The number of aromatic nitrogens is 3. The highest BCUT2D eigenvalue weighted by atomic mass is 35.5. The van der Waals surface area contributed by atoms with E-state index in [1.807, 2.05) is 0 Å². The van der Waals surface area contributed by atoms with Crippen molar-refractivity contribution in [2.24, 2.45) is 4.99 Å². The lowest BCUT2D eigenvalue weighted by Crippen LogP contribution is -2.38. The van der Waals surface area contributed by atoms with Crippen molar-refractivity contribution in [2.75, 3.05) is 5.32 Å². The first kappa shape index (κ1) is 19.1. The molecule has 1 fully saturated rings. The molecule has 1 aliphatic rings. The van der Waals surface area contributed by atoms with Gasteiger partial charge in [-0.3, -0.25) is 15.2 Å². The number of carbonyl (C=O) groups is 1. The number of nitrogens with zero attached hydrogens (tertiary/aromatic N) is 3. The minimum atomic E-state index is -0.444. The van der Waals surface area contributed by atoms with E-state index < -0.39 is 5.82 Å². The summed E-state index contributed by atoms with van der Waals surface area (Å²) < 4.78 is 18.6. The van der Waals surface area contributed by atoms with Gasteiger partial charge in [-0.15, -0.1) is 0 Å². The van der Waals surface area contributed by atoms with Crippen LogP contribution in [0.15, 0.2) is 40.0 Å². The van der Waals surface area contributed by atoms with Crippen molar-refractivity contribution in [1.29, 1.82) is 0 Å². The summed E-state index contributed by atoms with van der Waals surface area (Å²) in [5.41, 5.74) is 1.44. The minimum Gasteiger partial charge on any atom is -0.361 e. The first-order valence-electron chi connectivity index (χ1n) is 9.07. The van der Waals surface area contributed by atoms with Gasteiger partial charge in [-0.2, -0.15) is 5.10 Å². The van der Waals surface area contributed by atoms with Crippen molar-refractivity contribution in [3.63, 3.8) is 0 Å². The smallest absolute Gasteiger partial charge is 0.263 e. The molecule has 3 aromatic rings. The molecule has 0 atom stereocenters. The molecule has 1 saturated carbocycles. The standard InChI is InChI=1S/C19H18ClFN6O2/c1-10-15(9-22-29-10)18(28)25-19(23-14-3-2-4-14)24-17-8-16(26-27-17)11-5-12(20)7-13(21)6-11/h5-9,14H,2-4H2,1H3,(H3,23,24,25,26,27,28). The van der Waals surface area contributed by atoms with E-state index in [4.69, 9.17) is 16.1 Å². The average Bonchev–Trinajstić information content (AvgIpc) is 3.26. The molecule has 10 heteroatoms. The minimum absolute atomic E-state index is 0.141. The quantitative estimate of drug-likeness (QED) is 0.441. The van der Waals surface area contributed by atoms with Crippen LogP contribution in [0.5, 0.6) is 0 Å². The Hall–Kier alpha value is -3.20. The SMILES string of the molecule is Cc1oncc1C(=O)NC(=NC1CCC1)Nc1cc(-c2cc(F)cc(Cl)c2)[nH]n1. The second-order valence-electron chi connectivity index (χ2n) is 6.76. The Morgan fingerprint density at radius 3 is 2.83 bits per heavy atom. The van der Waals surface area contributed by atoms with Crippen LogP contribution in [-0.4, -0.2) is 33.3 Å². The van der Waals surface area contributed by atoms with Crippen molar-refractivity contribution in [3.8, 4) is 11.3 Å². The van der Waals surface area contributed by atoms with Crippen LogP contribution in [0.25, 0.3) is 11.3 Å². The largest absolute Gasteiger partial charge is 0.361 e. The number of anilines is 1.